The summed E-state index contributed by atoms with van der Waals surface area (Å²) >= 11 is 2.79. The minimum atomic E-state index is -0.284. The molecule has 33 heavy (non-hydrogen) atoms. The molecule has 0 aliphatic rings. The maximum Gasteiger partial charge on any atom is 0.230 e. The van der Waals surface area contributed by atoms with E-state index in [1.165, 1.54) is 35.2 Å². The van der Waals surface area contributed by atoms with Crippen molar-refractivity contribution < 1.29 is 13.9 Å². The number of rotatable bonds is 7. The van der Waals surface area contributed by atoms with Crippen LogP contribution in [-0.4, -0.2) is 38.4 Å². The lowest BCUT2D eigenvalue weighted by atomic mass is 10.1. The van der Waals surface area contributed by atoms with E-state index in [1.54, 1.807) is 30.0 Å². The highest BCUT2D eigenvalue weighted by molar-refractivity contribution is 7.99. The molecule has 10 heteroatoms. The molecule has 0 saturated carbocycles. The molecule has 0 bridgehead atoms. The van der Waals surface area contributed by atoms with Crippen molar-refractivity contribution in [1.82, 2.24) is 24.9 Å². The second kappa shape index (κ2) is 9.16. The van der Waals surface area contributed by atoms with E-state index in [9.17, 15) is 9.18 Å². The SMILES string of the molecule is COc1ccc(CNC(=O)CSc2nnc3c4c(-c5ccc(F)cc5)csc4ncn23)cc1. The van der Waals surface area contributed by atoms with E-state index in [-0.39, 0.29) is 17.5 Å². The monoisotopic (exact) mass is 479 g/mol. The number of aromatic nitrogens is 4. The number of halogens is 1. The Balaban J connectivity index is 1.31. The number of thioether (sulfide) groups is 1. The van der Waals surface area contributed by atoms with Gasteiger partial charge in [-0.3, -0.25) is 9.20 Å². The van der Waals surface area contributed by atoms with Crippen LogP contribution < -0.4 is 10.1 Å². The molecular formula is C23H18FN5O2S2. The summed E-state index contributed by atoms with van der Waals surface area (Å²) in [7, 11) is 1.62. The number of nitrogens with one attached hydrogen (secondary N) is 1. The molecule has 2 aromatic carbocycles. The van der Waals surface area contributed by atoms with Gasteiger partial charge in [-0.2, -0.15) is 0 Å². The topological polar surface area (TPSA) is 81.4 Å². The lowest BCUT2D eigenvalue weighted by Crippen LogP contribution is -2.24. The van der Waals surface area contributed by atoms with Crippen LogP contribution in [0.2, 0.25) is 0 Å². The zero-order chi connectivity index (χ0) is 22.8. The predicted octanol–water partition coefficient (Wildman–Crippen LogP) is 4.56. The molecule has 5 aromatic rings. The highest BCUT2D eigenvalue weighted by Crippen LogP contribution is 2.35. The summed E-state index contributed by atoms with van der Waals surface area (Å²) in [5, 5.41) is 14.9. The molecule has 0 fully saturated rings. The molecule has 1 amide bonds. The number of hydrogen-bond acceptors (Lipinski definition) is 7. The molecule has 7 nitrogen and oxygen atoms in total. The number of amides is 1. The van der Waals surface area contributed by atoms with Crippen LogP contribution in [0.5, 0.6) is 5.75 Å². The van der Waals surface area contributed by atoms with Gasteiger partial charge in [-0.1, -0.05) is 36.0 Å². The average molecular weight is 480 g/mol. The van der Waals surface area contributed by atoms with Crippen molar-refractivity contribution >= 4 is 44.9 Å². The molecule has 3 aromatic heterocycles. The zero-order valence-corrected chi connectivity index (χ0v) is 19.1. The highest BCUT2D eigenvalue weighted by Gasteiger charge is 2.17. The second-order valence-corrected chi connectivity index (χ2v) is 8.97. The Bertz CT molecular complexity index is 1430. The molecule has 0 radical (unpaired) electrons. The third-order valence-electron chi connectivity index (χ3n) is 5.09. The van der Waals surface area contributed by atoms with Crippen LogP contribution in [0, 0.1) is 5.82 Å². The number of ether oxygens (including phenoxy) is 1. The molecule has 3 heterocycles. The van der Waals surface area contributed by atoms with Gasteiger partial charge in [0.1, 0.15) is 22.7 Å². The summed E-state index contributed by atoms with van der Waals surface area (Å²) in [6.07, 6.45) is 1.67. The van der Waals surface area contributed by atoms with Crippen LogP contribution in [0.4, 0.5) is 4.39 Å². The minimum Gasteiger partial charge on any atom is -0.497 e. The number of thiophene rings is 1. The molecule has 0 saturated heterocycles. The first-order valence-corrected chi connectivity index (χ1v) is 11.9. The summed E-state index contributed by atoms with van der Waals surface area (Å²) in [6.45, 7) is 0.433. The van der Waals surface area contributed by atoms with Crippen LogP contribution in [-0.2, 0) is 11.3 Å². The third kappa shape index (κ3) is 4.39. The minimum absolute atomic E-state index is 0.107. The van der Waals surface area contributed by atoms with Crippen LogP contribution in [0.1, 0.15) is 5.56 Å². The van der Waals surface area contributed by atoms with Gasteiger partial charge in [0.15, 0.2) is 10.8 Å². The van der Waals surface area contributed by atoms with E-state index < -0.39 is 0 Å². The number of benzene rings is 2. The normalized spacial score (nSPS) is 11.2. The van der Waals surface area contributed by atoms with Crippen molar-refractivity contribution in [2.24, 2.45) is 0 Å². The van der Waals surface area contributed by atoms with Gasteiger partial charge >= 0.3 is 0 Å². The van der Waals surface area contributed by atoms with Gasteiger partial charge in [-0.25, -0.2) is 9.37 Å². The van der Waals surface area contributed by atoms with Gasteiger partial charge in [0.2, 0.25) is 5.91 Å². The fraction of sp³-hybridized carbons (Fsp3) is 0.130. The summed E-state index contributed by atoms with van der Waals surface area (Å²) in [4.78, 5) is 17.7. The number of fused-ring (bicyclic) bond motifs is 3. The van der Waals surface area contributed by atoms with Crippen LogP contribution in [0.3, 0.4) is 0 Å². The van der Waals surface area contributed by atoms with Gasteiger partial charge in [-0.05, 0) is 35.4 Å². The van der Waals surface area contributed by atoms with Gasteiger partial charge in [0.25, 0.3) is 0 Å². The highest BCUT2D eigenvalue weighted by atomic mass is 32.2. The number of hydrogen-bond donors (Lipinski definition) is 1. The van der Waals surface area contributed by atoms with Crippen molar-refractivity contribution in [3.05, 3.63) is 71.6 Å². The quantitative estimate of drug-likeness (QED) is 0.345. The maximum absolute atomic E-state index is 13.4. The first kappa shape index (κ1) is 21.4. The number of carbonyl (C=O) groups is 1. The largest absolute Gasteiger partial charge is 0.497 e. The van der Waals surface area contributed by atoms with E-state index in [0.29, 0.717) is 17.3 Å². The van der Waals surface area contributed by atoms with Gasteiger partial charge < -0.3 is 10.1 Å². The van der Waals surface area contributed by atoms with Crippen molar-refractivity contribution in [1.29, 1.82) is 0 Å². The van der Waals surface area contributed by atoms with E-state index in [0.717, 1.165) is 32.7 Å². The Kier molecular flexibility index (Phi) is 5.93. The van der Waals surface area contributed by atoms with Crippen LogP contribution >= 0.6 is 23.1 Å². The molecule has 0 atom stereocenters. The van der Waals surface area contributed by atoms with E-state index in [4.69, 9.17) is 4.74 Å². The van der Waals surface area contributed by atoms with E-state index in [1.807, 2.05) is 29.6 Å². The van der Waals surface area contributed by atoms with Crippen LogP contribution in [0.25, 0.3) is 27.0 Å². The summed E-state index contributed by atoms with van der Waals surface area (Å²) in [6, 6.07) is 13.9. The first-order valence-electron chi connectivity index (χ1n) is 10.0. The Labute approximate surface area is 196 Å². The molecular weight excluding hydrogens is 461 g/mol. The average Bonchev–Trinajstić information content (AvgIpc) is 3.46. The molecule has 1 N–H and O–H groups in total. The number of methoxy groups -OCH3 is 1. The molecule has 5 rings (SSSR count). The van der Waals surface area contributed by atoms with Crippen molar-refractivity contribution in [2.45, 2.75) is 11.7 Å². The fourth-order valence-corrected chi connectivity index (χ4v) is 5.03. The molecule has 166 valence electrons. The van der Waals surface area contributed by atoms with E-state index >= 15 is 0 Å². The van der Waals surface area contributed by atoms with Crippen LogP contribution in [0.15, 0.2) is 65.4 Å². The fourth-order valence-electron chi connectivity index (χ4n) is 3.39. The molecule has 0 aliphatic carbocycles. The lowest BCUT2D eigenvalue weighted by Gasteiger charge is -2.06. The Hall–Kier alpha value is -3.50. The van der Waals surface area contributed by atoms with Crippen molar-refractivity contribution in [2.75, 3.05) is 12.9 Å². The van der Waals surface area contributed by atoms with Gasteiger partial charge in [-0.15, -0.1) is 21.5 Å². The Morgan fingerprint density at radius 3 is 2.70 bits per heavy atom. The Morgan fingerprint density at radius 2 is 1.94 bits per heavy atom. The second-order valence-electron chi connectivity index (χ2n) is 7.17. The Morgan fingerprint density at radius 1 is 1.15 bits per heavy atom. The first-order chi connectivity index (χ1) is 16.1. The summed E-state index contributed by atoms with van der Waals surface area (Å²) < 4.78 is 20.3. The van der Waals surface area contributed by atoms with Crippen molar-refractivity contribution in [3.8, 4) is 16.9 Å². The molecule has 0 unspecified atom stereocenters. The standard InChI is InChI=1S/C23H18FN5O2S2/c1-31-17-8-2-14(3-9-17)10-25-19(30)12-33-23-28-27-21-20-18(15-4-6-16(24)7-5-15)11-32-22(20)26-13-29(21)23/h2-9,11,13H,10,12H2,1H3,(H,25,30). The summed E-state index contributed by atoms with van der Waals surface area (Å²) in [5.74, 6) is 0.580. The number of carbonyl (C=O) groups excluding carboxylic acids is 1. The lowest BCUT2D eigenvalue weighted by molar-refractivity contribution is -0.118. The third-order valence-corrected chi connectivity index (χ3v) is 6.92. The molecule has 0 aliphatic heterocycles. The summed E-state index contributed by atoms with van der Waals surface area (Å²) in [5.41, 5.74) is 3.45. The van der Waals surface area contributed by atoms with Gasteiger partial charge in [0.05, 0.1) is 18.2 Å². The van der Waals surface area contributed by atoms with Gasteiger partial charge in [0, 0.05) is 17.5 Å². The van der Waals surface area contributed by atoms with Crippen molar-refractivity contribution in [3.63, 3.8) is 0 Å². The smallest absolute Gasteiger partial charge is 0.230 e. The maximum atomic E-state index is 13.4. The zero-order valence-electron chi connectivity index (χ0n) is 17.5. The van der Waals surface area contributed by atoms with E-state index in [2.05, 4.69) is 20.5 Å². The molecule has 0 spiro atoms. The predicted molar refractivity (Wildman–Crippen MR) is 127 cm³/mol. The number of nitrogens with zero attached hydrogens (tertiary/aromatic N) is 4.